The number of carbonyl (C=O) groups excluding carboxylic acids is 1. The molecule has 0 bridgehead atoms. The fourth-order valence-corrected chi connectivity index (χ4v) is 2.77. The number of ether oxygens (including phenoxy) is 1. The molecule has 0 saturated carbocycles. The van der Waals surface area contributed by atoms with Crippen LogP contribution in [0.3, 0.4) is 0 Å². The van der Waals surface area contributed by atoms with E-state index in [4.69, 9.17) is 4.74 Å². The zero-order valence-corrected chi connectivity index (χ0v) is 15.8. The van der Waals surface area contributed by atoms with Gasteiger partial charge in [-0.05, 0) is 42.0 Å². The van der Waals surface area contributed by atoms with Crippen molar-refractivity contribution in [1.29, 1.82) is 0 Å². The molecule has 2 aromatic carbocycles. The van der Waals surface area contributed by atoms with E-state index >= 15 is 0 Å². The molecule has 3 rings (SSSR count). The van der Waals surface area contributed by atoms with E-state index in [1.54, 1.807) is 0 Å². The summed E-state index contributed by atoms with van der Waals surface area (Å²) in [5, 5.41) is 14.9. The van der Waals surface area contributed by atoms with Gasteiger partial charge in [0.15, 0.2) is 0 Å². The Kier molecular flexibility index (Phi) is 5.96. The van der Waals surface area contributed by atoms with Crippen molar-refractivity contribution in [3.8, 4) is 17.1 Å². The third-order valence-corrected chi connectivity index (χ3v) is 4.23. The van der Waals surface area contributed by atoms with Crippen molar-refractivity contribution < 1.29 is 9.53 Å². The van der Waals surface area contributed by atoms with E-state index in [0.29, 0.717) is 19.0 Å². The SMILES string of the molecule is Cc1cccc(OCCNC(=O)Cn2nnc(-c3ccccc3Br)n2)c1. The average Bonchev–Trinajstić information content (AvgIpc) is 3.07. The van der Waals surface area contributed by atoms with Gasteiger partial charge in [-0.25, -0.2) is 0 Å². The Morgan fingerprint density at radius 3 is 2.88 bits per heavy atom. The van der Waals surface area contributed by atoms with Gasteiger partial charge in [0.25, 0.3) is 0 Å². The zero-order valence-electron chi connectivity index (χ0n) is 14.2. The molecule has 0 spiro atoms. The van der Waals surface area contributed by atoms with E-state index < -0.39 is 0 Å². The highest BCUT2D eigenvalue weighted by atomic mass is 79.9. The van der Waals surface area contributed by atoms with Gasteiger partial charge in [0.1, 0.15) is 18.9 Å². The first-order chi connectivity index (χ1) is 12.6. The third kappa shape index (κ3) is 4.89. The minimum atomic E-state index is -0.200. The zero-order chi connectivity index (χ0) is 18.4. The summed E-state index contributed by atoms with van der Waals surface area (Å²) in [5.74, 6) is 1.05. The molecular formula is C18H18BrN5O2. The number of hydrogen-bond acceptors (Lipinski definition) is 5. The number of nitrogens with one attached hydrogen (secondary N) is 1. The Morgan fingerprint density at radius 1 is 1.23 bits per heavy atom. The summed E-state index contributed by atoms with van der Waals surface area (Å²) in [6.45, 7) is 2.80. The standard InChI is InChI=1S/C18H18BrN5O2/c1-13-5-4-6-14(11-13)26-10-9-20-17(25)12-24-22-18(21-23-24)15-7-2-3-8-16(15)19/h2-8,11H,9-10,12H2,1H3,(H,20,25). The summed E-state index contributed by atoms with van der Waals surface area (Å²) < 4.78 is 6.46. The first-order valence-electron chi connectivity index (χ1n) is 8.11. The lowest BCUT2D eigenvalue weighted by atomic mass is 10.2. The topological polar surface area (TPSA) is 81.9 Å². The van der Waals surface area contributed by atoms with Gasteiger partial charge in [-0.2, -0.15) is 4.80 Å². The number of amides is 1. The first kappa shape index (κ1) is 18.1. The quantitative estimate of drug-likeness (QED) is 0.599. The van der Waals surface area contributed by atoms with E-state index in [1.807, 2.05) is 55.5 Å². The van der Waals surface area contributed by atoms with Gasteiger partial charge in [0, 0.05) is 10.0 Å². The first-order valence-corrected chi connectivity index (χ1v) is 8.90. The Morgan fingerprint density at radius 2 is 2.08 bits per heavy atom. The van der Waals surface area contributed by atoms with Crippen LogP contribution < -0.4 is 10.1 Å². The molecule has 8 heteroatoms. The highest BCUT2D eigenvalue weighted by Gasteiger charge is 2.11. The number of carbonyl (C=O) groups is 1. The van der Waals surface area contributed by atoms with Crippen LogP contribution in [0, 0.1) is 6.92 Å². The Balaban J connectivity index is 1.46. The fraction of sp³-hybridized carbons (Fsp3) is 0.222. The maximum Gasteiger partial charge on any atom is 0.243 e. The second kappa shape index (κ2) is 8.57. The molecular weight excluding hydrogens is 398 g/mol. The van der Waals surface area contributed by atoms with Crippen LogP contribution in [0.4, 0.5) is 0 Å². The Labute approximate surface area is 159 Å². The molecule has 0 radical (unpaired) electrons. The molecule has 0 fully saturated rings. The highest BCUT2D eigenvalue weighted by Crippen LogP contribution is 2.24. The van der Waals surface area contributed by atoms with E-state index in [0.717, 1.165) is 21.3 Å². The molecule has 1 heterocycles. The minimum Gasteiger partial charge on any atom is -0.492 e. The molecule has 0 atom stereocenters. The van der Waals surface area contributed by atoms with Crippen molar-refractivity contribution in [2.45, 2.75) is 13.5 Å². The lowest BCUT2D eigenvalue weighted by Gasteiger charge is -2.08. The van der Waals surface area contributed by atoms with Crippen LogP contribution in [0.25, 0.3) is 11.4 Å². The Bertz CT molecular complexity index is 897. The van der Waals surface area contributed by atoms with Crippen LogP contribution in [0.2, 0.25) is 0 Å². The number of rotatable bonds is 7. The highest BCUT2D eigenvalue weighted by molar-refractivity contribution is 9.10. The lowest BCUT2D eigenvalue weighted by molar-refractivity contribution is -0.122. The normalized spacial score (nSPS) is 10.5. The van der Waals surface area contributed by atoms with Crippen LogP contribution in [0.1, 0.15) is 5.56 Å². The second-order valence-electron chi connectivity index (χ2n) is 5.64. The molecule has 0 aliphatic rings. The van der Waals surface area contributed by atoms with Gasteiger partial charge in [-0.1, -0.05) is 40.2 Å². The smallest absolute Gasteiger partial charge is 0.243 e. The van der Waals surface area contributed by atoms with Crippen molar-refractivity contribution >= 4 is 21.8 Å². The number of benzene rings is 2. The Hall–Kier alpha value is -2.74. The van der Waals surface area contributed by atoms with Crippen molar-refractivity contribution in [3.63, 3.8) is 0 Å². The lowest BCUT2D eigenvalue weighted by Crippen LogP contribution is -2.31. The van der Waals surface area contributed by atoms with Crippen LogP contribution in [0.15, 0.2) is 53.0 Å². The van der Waals surface area contributed by atoms with E-state index in [2.05, 4.69) is 36.7 Å². The maximum absolute atomic E-state index is 12.0. The number of halogens is 1. The van der Waals surface area contributed by atoms with Crippen LogP contribution >= 0.6 is 15.9 Å². The van der Waals surface area contributed by atoms with Crippen molar-refractivity contribution in [3.05, 3.63) is 58.6 Å². The molecule has 134 valence electrons. The summed E-state index contributed by atoms with van der Waals surface area (Å²) in [4.78, 5) is 13.3. The summed E-state index contributed by atoms with van der Waals surface area (Å²) >= 11 is 3.45. The second-order valence-corrected chi connectivity index (χ2v) is 6.49. The summed E-state index contributed by atoms with van der Waals surface area (Å²) in [7, 11) is 0. The van der Waals surface area contributed by atoms with Crippen molar-refractivity contribution in [1.82, 2.24) is 25.5 Å². The molecule has 26 heavy (non-hydrogen) atoms. The number of nitrogens with zero attached hydrogens (tertiary/aromatic N) is 4. The summed E-state index contributed by atoms with van der Waals surface area (Å²) in [5.41, 5.74) is 1.95. The summed E-state index contributed by atoms with van der Waals surface area (Å²) in [6, 6.07) is 15.4. The molecule has 3 aromatic rings. The molecule has 1 amide bonds. The minimum absolute atomic E-state index is 0.00188. The van der Waals surface area contributed by atoms with E-state index in [9.17, 15) is 4.79 Å². The fourth-order valence-electron chi connectivity index (χ4n) is 2.31. The molecule has 0 aliphatic heterocycles. The number of aromatic nitrogens is 4. The van der Waals surface area contributed by atoms with E-state index in [1.165, 1.54) is 4.80 Å². The number of tetrazole rings is 1. The predicted molar refractivity (Wildman–Crippen MR) is 101 cm³/mol. The third-order valence-electron chi connectivity index (χ3n) is 3.54. The van der Waals surface area contributed by atoms with Gasteiger partial charge >= 0.3 is 0 Å². The van der Waals surface area contributed by atoms with Crippen molar-refractivity contribution in [2.75, 3.05) is 13.2 Å². The van der Waals surface area contributed by atoms with E-state index in [-0.39, 0.29) is 12.5 Å². The van der Waals surface area contributed by atoms with Gasteiger partial charge in [0.2, 0.25) is 11.7 Å². The molecule has 1 aromatic heterocycles. The number of hydrogen-bond donors (Lipinski definition) is 1. The van der Waals surface area contributed by atoms with Crippen LogP contribution in [-0.2, 0) is 11.3 Å². The van der Waals surface area contributed by atoms with Gasteiger partial charge in [0.05, 0.1) is 6.54 Å². The molecule has 0 unspecified atom stereocenters. The molecule has 1 N–H and O–H groups in total. The summed E-state index contributed by atoms with van der Waals surface area (Å²) in [6.07, 6.45) is 0. The average molecular weight is 416 g/mol. The van der Waals surface area contributed by atoms with Crippen molar-refractivity contribution in [2.24, 2.45) is 0 Å². The largest absolute Gasteiger partial charge is 0.492 e. The monoisotopic (exact) mass is 415 g/mol. The predicted octanol–water partition coefficient (Wildman–Crippen LogP) is 2.61. The van der Waals surface area contributed by atoms with Crippen LogP contribution in [-0.4, -0.2) is 39.3 Å². The molecule has 7 nitrogen and oxygen atoms in total. The molecule has 0 aliphatic carbocycles. The van der Waals surface area contributed by atoms with Gasteiger partial charge in [-0.15, -0.1) is 10.2 Å². The van der Waals surface area contributed by atoms with Gasteiger partial charge in [-0.3, -0.25) is 4.79 Å². The van der Waals surface area contributed by atoms with Crippen LogP contribution in [0.5, 0.6) is 5.75 Å². The number of aryl methyl sites for hydroxylation is 1. The maximum atomic E-state index is 12.0. The van der Waals surface area contributed by atoms with Gasteiger partial charge < -0.3 is 10.1 Å². The molecule has 0 saturated heterocycles.